The first kappa shape index (κ1) is 11.6. The molecule has 0 aromatic rings. The van der Waals surface area contributed by atoms with E-state index in [4.69, 9.17) is 19.7 Å². The van der Waals surface area contributed by atoms with Crippen molar-refractivity contribution in [3.05, 3.63) is 12.7 Å². The van der Waals surface area contributed by atoms with Crippen molar-refractivity contribution in [3.63, 3.8) is 0 Å². The molecule has 0 saturated carbocycles. The molecule has 1 unspecified atom stereocenters. The molecule has 0 aliphatic heterocycles. The number of hydrogen-bond donors (Lipinski definition) is 2. The molecule has 0 amide bonds. The van der Waals surface area contributed by atoms with Crippen molar-refractivity contribution in [1.82, 2.24) is 0 Å². The van der Waals surface area contributed by atoms with E-state index in [0.29, 0.717) is 6.61 Å². The van der Waals surface area contributed by atoms with Crippen LogP contribution in [0.5, 0.6) is 0 Å². The van der Waals surface area contributed by atoms with Gasteiger partial charge in [0.1, 0.15) is 6.10 Å². The number of ether oxygens (including phenoxy) is 2. The highest BCUT2D eigenvalue weighted by molar-refractivity contribution is 4.64. The molecule has 0 saturated heterocycles. The lowest BCUT2D eigenvalue weighted by atomic mass is 10.4. The molecular formula is C8H16O4. The number of hydrogen-bond acceptors (Lipinski definition) is 4. The Hall–Kier alpha value is -0.420. The molecule has 2 N–H and O–H groups in total. The van der Waals surface area contributed by atoms with Crippen LogP contribution in [0.15, 0.2) is 12.7 Å². The number of aliphatic hydroxyl groups is 2. The zero-order chi connectivity index (χ0) is 9.23. The van der Waals surface area contributed by atoms with Gasteiger partial charge < -0.3 is 19.7 Å². The zero-order valence-corrected chi connectivity index (χ0v) is 7.11. The maximum atomic E-state index is 9.14. The van der Waals surface area contributed by atoms with Gasteiger partial charge in [-0.3, -0.25) is 0 Å². The lowest BCUT2D eigenvalue weighted by molar-refractivity contribution is -0.0199. The largest absolute Gasteiger partial charge is 0.394 e. The molecule has 0 heterocycles. The zero-order valence-electron chi connectivity index (χ0n) is 7.11. The Bertz CT molecular complexity index is 105. The van der Waals surface area contributed by atoms with Gasteiger partial charge in [0, 0.05) is 0 Å². The fourth-order valence-corrected chi connectivity index (χ4v) is 0.619. The van der Waals surface area contributed by atoms with Crippen LogP contribution in [0.4, 0.5) is 0 Å². The summed E-state index contributed by atoms with van der Waals surface area (Å²) in [7, 11) is 0. The van der Waals surface area contributed by atoms with E-state index in [0.717, 1.165) is 0 Å². The number of aliphatic hydroxyl groups excluding tert-OH is 2. The molecule has 0 fully saturated rings. The second kappa shape index (κ2) is 8.67. The van der Waals surface area contributed by atoms with Crippen molar-refractivity contribution in [2.75, 3.05) is 33.0 Å². The molecule has 0 aromatic heterocycles. The molecule has 4 nitrogen and oxygen atoms in total. The second-order valence-corrected chi connectivity index (χ2v) is 2.28. The van der Waals surface area contributed by atoms with E-state index in [1.807, 2.05) is 0 Å². The average molecular weight is 176 g/mol. The first-order valence-corrected chi connectivity index (χ1v) is 3.86. The van der Waals surface area contributed by atoms with Gasteiger partial charge in [-0.25, -0.2) is 0 Å². The highest BCUT2D eigenvalue weighted by Gasteiger charge is 2.02. The van der Waals surface area contributed by atoms with Gasteiger partial charge in [0.2, 0.25) is 0 Å². The predicted molar refractivity (Wildman–Crippen MR) is 44.9 cm³/mol. The van der Waals surface area contributed by atoms with Crippen LogP contribution in [0.25, 0.3) is 0 Å². The lowest BCUT2D eigenvalue weighted by Gasteiger charge is -2.09. The minimum Gasteiger partial charge on any atom is -0.394 e. The molecule has 0 radical (unpaired) electrons. The third-order valence-corrected chi connectivity index (χ3v) is 1.09. The van der Waals surface area contributed by atoms with Gasteiger partial charge in [0.15, 0.2) is 0 Å². The summed E-state index contributed by atoms with van der Waals surface area (Å²) in [5.41, 5.74) is 0. The van der Waals surface area contributed by atoms with Gasteiger partial charge in [0.25, 0.3) is 0 Å². The summed E-state index contributed by atoms with van der Waals surface area (Å²) in [6, 6.07) is 0. The van der Waals surface area contributed by atoms with Gasteiger partial charge in [-0.15, -0.1) is 6.58 Å². The van der Waals surface area contributed by atoms with E-state index in [9.17, 15) is 0 Å². The Kier molecular flexibility index (Phi) is 8.37. The van der Waals surface area contributed by atoms with Crippen LogP contribution >= 0.6 is 0 Å². The van der Waals surface area contributed by atoms with Gasteiger partial charge in [-0.2, -0.15) is 0 Å². The Morgan fingerprint density at radius 2 is 2.00 bits per heavy atom. The summed E-state index contributed by atoms with van der Waals surface area (Å²) in [5, 5.41) is 17.5. The van der Waals surface area contributed by atoms with Crippen molar-refractivity contribution < 1.29 is 19.7 Å². The van der Waals surface area contributed by atoms with Crippen molar-refractivity contribution in [2.45, 2.75) is 6.10 Å². The topological polar surface area (TPSA) is 58.9 Å². The van der Waals surface area contributed by atoms with E-state index >= 15 is 0 Å². The molecule has 0 rings (SSSR count). The van der Waals surface area contributed by atoms with Crippen molar-refractivity contribution in [1.29, 1.82) is 0 Å². The maximum absolute atomic E-state index is 9.14. The average Bonchev–Trinajstić information content (AvgIpc) is 2.06. The minimum atomic E-state index is -0.628. The van der Waals surface area contributed by atoms with Crippen LogP contribution < -0.4 is 0 Å². The third kappa shape index (κ3) is 7.68. The van der Waals surface area contributed by atoms with Crippen LogP contribution in [0.2, 0.25) is 0 Å². The standard InChI is InChI=1S/C8H16O4/c1-2-4-11-6-8(10)7-12-5-3-9/h2,8-10H,1,3-7H2. The van der Waals surface area contributed by atoms with Crippen molar-refractivity contribution in [3.8, 4) is 0 Å². The van der Waals surface area contributed by atoms with E-state index < -0.39 is 6.10 Å². The van der Waals surface area contributed by atoms with Crippen LogP contribution in [-0.4, -0.2) is 49.4 Å². The normalized spacial score (nSPS) is 12.8. The highest BCUT2D eigenvalue weighted by Crippen LogP contribution is 1.87. The van der Waals surface area contributed by atoms with E-state index in [1.54, 1.807) is 6.08 Å². The fourth-order valence-electron chi connectivity index (χ4n) is 0.619. The summed E-state index contributed by atoms with van der Waals surface area (Å²) in [5.74, 6) is 0. The molecule has 0 aliphatic carbocycles. The number of rotatable bonds is 8. The highest BCUT2D eigenvalue weighted by atomic mass is 16.5. The lowest BCUT2D eigenvalue weighted by Crippen LogP contribution is -2.22. The summed E-state index contributed by atoms with van der Waals surface area (Å²) < 4.78 is 9.83. The smallest absolute Gasteiger partial charge is 0.101 e. The summed E-state index contributed by atoms with van der Waals surface area (Å²) in [6.07, 6.45) is 0.984. The first-order valence-electron chi connectivity index (χ1n) is 3.86. The molecule has 4 heteroatoms. The van der Waals surface area contributed by atoms with Gasteiger partial charge in [0.05, 0.1) is 33.0 Å². The maximum Gasteiger partial charge on any atom is 0.101 e. The van der Waals surface area contributed by atoms with Gasteiger partial charge >= 0.3 is 0 Å². The van der Waals surface area contributed by atoms with E-state index in [-0.39, 0.29) is 26.4 Å². The molecule has 0 aromatic carbocycles. The summed E-state index contributed by atoms with van der Waals surface area (Å²) in [4.78, 5) is 0. The second-order valence-electron chi connectivity index (χ2n) is 2.28. The van der Waals surface area contributed by atoms with E-state index in [2.05, 4.69) is 6.58 Å². The van der Waals surface area contributed by atoms with Crippen molar-refractivity contribution in [2.24, 2.45) is 0 Å². The van der Waals surface area contributed by atoms with Crippen molar-refractivity contribution >= 4 is 0 Å². The Labute approximate surface area is 72.4 Å². The Morgan fingerprint density at radius 3 is 2.58 bits per heavy atom. The van der Waals surface area contributed by atoms with Crippen LogP contribution in [-0.2, 0) is 9.47 Å². The van der Waals surface area contributed by atoms with Crippen LogP contribution in [0.3, 0.4) is 0 Å². The molecule has 0 bridgehead atoms. The monoisotopic (exact) mass is 176 g/mol. The molecule has 72 valence electrons. The third-order valence-electron chi connectivity index (χ3n) is 1.09. The van der Waals surface area contributed by atoms with Crippen LogP contribution in [0.1, 0.15) is 0 Å². The molecule has 12 heavy (non-hydrogen) atoms. The minimum absolute atomic E-state index is 0.0275. The fraction of sp³-hybridized carbons (Fsp3) is 0.750. The quantitative estimate of drug-likeness (QED) is 0.389. The Balaban J connectivity index is 3.09. The summed E-state index contributed by atoms with van der Waals surface area (Å²) >= 11 is 0. The van der Waals surface area contributed by atoms with Gasteiger partial charge in [-0.1, -0.05) is 6.08 Å². The molecule has 1 atom stereocenters. The Morgan fingerprint density at radius 1 is 1.33 bits per heavy atom. The molecule has 0 aliphatic rings. The SMILES string of the molecule is C=CCOCC(O)COCCO. The molecule has 0 spiro atoms. The first-order chi connectivity index (χ1) is 5.81. The van der Waals surface area contributed by atoms with E-state index in [1.165, 1.54) is 0 Å². The van der Waals surface area contributed by atoms with Crippen LogP contribution in [0, 0.1) is 0 Å². The predicted octanol–water partition coefficient (Wildman–Crippen LogP) is -0.441. The van der Waals surface area contributed by atoms with Gasteiger partial charge in [-0.05, 0) is 0 Å². The molecular weight excluding hydrogens is 160 g/mol. The summed E-state index contributed by atoms with van der Waals surface area (Å²) in [6.45, 7) is 4.54.